The molecular formula is C17H34O4Si. The number of rotatable bonds is 12. The zero-order valence-corrected chi connectivity index (χ0v) is 16.2. The molecule has 0 radical (unpaired) electrons. The topological polar surface area (TPSA) is 44.8 Å². The smallest absolute Gasteiger partial charge is 0.302 e. The summed E-state index contributed by atoms with van der Waals surface area (Å²) in [5.41, 5.74) is 0. The summed E-state index contributed by atoms with van der Waals surface area (Å²) >= 11 is 0. The van der Waals surface area contributed by atoms with Gasteiger partial charge >= 0.3 is 5.97 Å². The Balaban J connectivity index is 4.00. The molecule has 0 aromatic heterocycles. The van der Waals surface area contributed by atoms with Crippen LogP contribution in [0.25, 0.3) is 0 Å². The van der Waals surface area contributed by atoms with E-state index < -0.39 is 8.07 Å². The first kappa shape index (κ1) is 21.3. The number of carbonyl (C=O) groups excluding carboxylic acids is 1. The Morgan fingerprint density at radius 3 is 2.41 bits per heavy atom. The number of ether oxygens (including phenoxy) is 3. The second-order valence-electron chi connectivity index (χ2n) is 7.18. The Hall–Kier alpha value is -0.653. The van der Waals surface area contributed by atoms with Gasteiger partial charge in [0.15, 0.2) is 0 Å². The highest BCUT2D eigenvalue weighted by Gasteiger charge is 2.20. The van der Waals surface area contributed by atoms with Crippen LogP contribution in [-0.4, -0.2) is 39.7 Å². The van der Waals surface area contributed by atoms with E-state index in [0.29, 0.717) is 13.2 Å². The number of hydrogen-bond donors (Lipinski definition) is 0. The maximum Gasteiger partial charge on any atom is 0.302 e. The van der Waals surface area contributed by atoms with Crippen molar-refractivity contribution >= 4 is 14.0 Å². The van der Waals surface area contributed by atoms with Crippen molar-refractivity contribution in [3.8, 4) is 0 Å². The molecule has 0 N–H and O–H groups in total. The molecule has 0 aromatic carbocycles. The number of carbonyl (C=O) groups is 1. The van der Waals surface area contributed by atoms with Gasteiger partial charge < -0.3 is 14.2 Å². The summed E-state index contributed by atoms with van der Waals surface area (Å²) in [5, 5.41) is 0. The van der Waals surface area contributed by atoms with E-state index in [1.165, 1.54) is 6.92 Å². The zero-order chi connectivity index (χ0) is 17.2. The van der Waals surface area contributed by atoms with Gasteiger partial charge in [0.25, 0.3) is 0 Å². The van der Waals surface area contributed by atoms with Crippen LogP contribution < -0.4 is 0 Å². The van der Waals surface area contributed by atoms with Crippen molar-refractivity contribution in [3.63, 3.8) is 0 Å². The van der Waals surface area contributed by atoms with Crippen LogP contribution in [0.3, 0.4) is 0 Å². The predicted octanol–water partition coefficient (Wildman–Crippen LogP) is 4.24. The summed E-state index contributed by atoms with van der Waals surface area (Å²) in [6, 6.07) is 1.15. The minimum Gasteiger partial charge on any atom is -0.462 e. The summed E-state index contributed by atoms with van der Waals surface area (Å²) in [7, 11) is -1.04. The third-order valence-corrected chi connectivity index (χ3v) is 5.31. The summed E-state index contributed by atoms with van der Waals surface area (Å²) < 4.78 is 16.6. The molecule has 0 aromatic rings. The fraction of sp³-hybridized carbons (Fsp3) is 0.824. The van der Waals surface area contributed by atoms with Crippen molar-refractivity contribution < 1.29 is 19.0 Å². The molecule has 0 bridgehead atoms. The van der Waals surface area contributed by atoms with Crippen LogP contribution in [0.2, 0.25) is 25.7 Å². The largest absolute Gasteiger partial charge is 0.462 e. The molecule has 130 valence electrons. The minimum atomic E-state index is -1.04. The first-order valence-corrected chi connectivity index (χ1v) is 11.8. The normalized spacial score (nSPS) is 15.9. The second-order valence-corrected chi connectivity index (χ2v) is 12.8. The van der Waals surface area contributed by atoms with Crippen LogP contribution in [0.5, 0.6) is 0 Å². The molecular weight excluding hydrogens is 296 g/mol. The number of hydrogen-bond acceptors (Lipinski definition) is 4. The van der Waals surface area contributed by atoms with Crippen molar-refractivity contribution in [3.05, 3.63) is 12.7 Å². The van der Waals surface area contributed by atoms with Gasteiger partial charge in [0.05, 0.1) is 6.10 Å². The molecule has 0 saturated heterocycles. The fourth-order valence-corrected chi connectivity index (χ4v) is 2.73. The summed E-state index contributed by atoms with van der Waals surface area (Å²) in [6.45, 7) is 17.4. The van der Waals surface area contributed by atoms with E-state index in [-0.39, 0.29) is 24.1 Å². The van der Waals surface area contributed by atoms with E-state index >= 15 is 0 Å². The van der Waals surface area contributed by atoms with Crippen LogP contribution in [0.1, 0.15) is 33.6 Å². The Kier molecular flexibility index (Phi) is 10.6. The van der Waals surface area contributed by atoms with Crippen LogP contribution >= 0.6 is 0 Å². The Morgan fingerprint density at radius 1 is 1.27 bits per heavy atom. The van der Waals surface area contributed by atoms with E-state index in [4.69, 9.17) is 14.2 Å². The molecule has 0 amide bonds. The predicted molar refractivity (Wildman–Crippen MR) is 93.7 cm³/mol. The lowest BCUT2D eigenvalue weighted by Gasteiger charge is -2.25. The Morgan fingerprint density at radius 2 is 1.91 bits per heavy atom. The van der Waals surface area contributed by atoms with Crippen molar-refractivity contribution in [2.75, 3.05) is 13.4 Å². The van der Waals surface area contributed by atoms with E-state index in [9.17, 15) is 4.79 Å². The van der Waals surface area contributed by atoms with Gasteiger partial charge in [0, 0.05) is 28.0 Å². The van der Waals surface area contributed by atoms with Gasteiger partial charge in [-0.1, -0.05) is 32.6 Å². The van der Waals surface area contributed by atoms with E-state index in [1.807, 2.05) is 6.92 Å². The standard InChI is InChI=1S/C17H34O4Si/c1-8-9-17(21-16(4)18)12-14(2)15(3)20-13-19-10-11-22(5,6)7/h8,14-15,17H,1,9-13H2,2-7H3/t14-,15+,17?/m0/s1. The Labute approximate surface area is 137 Å². The molecule has 22 heavy (non-hydrogen) atoms. The van der Waals surface area contributed by atoms with Crippen LogP contribution in [0.15, 0.2) is 12.7 Å². The molecule has 0 aliphatic carbocycles. The molecule has 1 unspecified atom stereocenters. The molecule has 0 rings (SSSR count). The highest BCUT2D eigenvalue weighted by Crippen LogP contribution is 2.18. The Bertz CT molecular complexity index is 325. The summed E-state index contributed by atoms with van der Waals surface area (Å²) in [5.74, 6) is 0.0344. The third kappa shape index (κ3) is 11.9. The first-order valence-electron chi connectivity index (χ1n) is 8.13. The molecule has 0 spiro atoms. The van der Waals surface area contributed by atoms with Gasteiger partial charge in [0.1, 0.15) is 12.9 Å². The third-order valence-electron chi connectivity index (χ3n) is 3.61. The maximum atomic E-state index is 11.1. The minimum absolute atomic E-state index is 0.0646. The van der Waals surface area contributed by atoms with Gasteiger partial charge in [-0.25, -0.2) is 0 Å². The second kappa shape index (κ2) is 11.0. The van der Waals surface area contributed by atoms with Gasteiger partial charge in [-0.05, 0) is 25.3 Å². The first-order chi connectivity index (χ1) is 10.2. The average Bonchev–Trinajstić information content (AvgIpc) is 2.36. The van der Waals surface area contributed by atoms with Crippen LogP contribution in [-0.2, 0) is 19.0 Å². The van der Waals surface area contributed by atoms with Crippen molar-refractivity contribution in [2.45, 2.75) is 71.5 Å². The molecule has 0 aliphatic rings. The fourth-order valence-electron chi connectivity index (χ4n) is 1.98. The highest BCUT2D eigenvalue weighted by molar-refractivity contribution is 6.76. The summed E-state index contributed by atoms with van der Waals surface area (Å²) in [6.07, 6.45) is 3.16. The highest BCUT2D eigenvalue weighted by atomic mass is 28.3. The van der Waals surface area contributed by atoms with E-state index in [1.54, 1.807) is 6.08 Å². The molecule has 3 atom stereocenters. The molecule has 0 saturated carbocycles. The SMILES string of the molecule is C=CCC(C[C@H](C)[C@@H](C)OCOCC[Si](C)(C)C)OC(C)=O. The van der Waals surface area contributed by atoms with Gasteiger partial charge in [0.2, 0.25) is 0 Å². The van der Waals surface area contributed by atoms with Crippen molar-refractivity contribution in [2.24, 2.45) is 5.92 Å². The van der Waals surface area contributed by atoms with Gasteiger partial charge in [-0.3, -0.25) is 4.79 Å². The van der Waals surface area contributed by atoms with Crippen molar-refractivity contribution in [1.29, 1.82) is 0 Å². The quantitative estimate of drug-likeness (QED) is 0.176. The van der Waals surface area contributed by atoms with Crippen molar-refractivity contribution in [1.82, 2.24) is 0 Å². The van der Waals surface area contributed by atoms with Gasteiger partial charge in [-0.15, -0.1) is 6.58 Å². The number of esters is 1. The lowest BCUT2D eigenvalue weighted by molar-refractivity contribution is -0.148. The molecule has 0 aliphatic heterocycles. The van der Waals surface area contributed by atoms with E-state index in [0.717, 1.165) is 19.1 Å². The lowest BCUT2D eigenvalue weighted by Crippen LogP contribution is -2.27. The van der Waals surface area contributed by atoms with E-state index in [2.05, 4.69) is 33.1 Å². The molecule has 0 heterocycles. The molecule has 4 nitrogen and oxygen atoms in total. The van der Waals surface area contributed by atoms with Crippen LogP contribution in [0.4, 0.5) is 0 Å². The van der Waals surface area contributed by atoms with Crippen LogP contribution in [0, 0.1) is 5.92 Å². The maximum absolute atomic E-state index is 11.1. The van der Waals surface area contributed by atoms with Gasteiger partial charge in [-0.2, -0.15) is 0 Å². The zero-order valence-electron chi connectivity index (χ0n) is 15.2. The summed E-state index contributed by atoms with van der Waals surface area (Å²) in [4.78, 5) is 11.1. The lowest BCUT2D eigenvalue weighted by atomic mass is 9.97. The molecule has 0 fully saturated rings. The monoisotopic (exact) mass is 330 g/mol. The average molecular weight is 331 g/mol. The molecule has 5 heteroatoms.